The van der Waals surface area contributed by atoms with Gasteiger partial charge in [-0.3, -0.25) is 9.59 Å². The summed E-state index contributed by atoms with van der Waals surface area (Å²) in [4.78, 5) is 24.5. The van der Waals surface area contributed by atoms with E-state index in [1.165, 1.54) is 180 Å². The lowest BCUT2D eigenvalue weighted by molar-refractivity contribution is -0.143. The third kappa shape index (κ3) is 49.4. The Morgan fingerprint density at radius 1 is 0.429 bits per heavy atom. The molecule has 370 valence electrons. The number of carbonyl (C=O) groups excluding carboxylic acids is 2. The van der Waals surface area contributed by atoms with Gasteiger partial charge in [0, 0.05) is 12.8 Å². The van der Waals surface area contributed by atoms with Crippen LogP contribution in [0.4, 0.5) is 0 Å². The normalized spacial score (nSPS) is 12.9. The van der Waals surface area contributed by atoms with Gasteiger partial charge >= 0.3 is 5.97 Å². The molecule has 0 spiro atoms. The molecule has 0 saturated carbocycles. The standard InChI is InChI=1S/C57H107NO5/c1-3-5-7-9-11-13-15-17-19-21-23-25-27-31-35-39-43-47-51-57(62)63-52-48-44-40-36-32-28-30-34-38-42-46-50-56(61)58-54(53-59)55(60)49-45-41-37-33-29-26-24-22-20-18-16-14-12-10-8-6-4-2/h19,21,32,36,45,49,54-55,59-60H,3-18,20,22-31,33-35,37-44,46-48,50-53H2,1-2H3,(H,58,61)/b21-19-,36-32-,49-45+. The Morgan fingerprint density at radius 3 is 1.13 bits per heavy atom. The monoisotopic (exact) mass is 886 g/mol. The van der Waals surface area contributed by atoms with Crippen molar-refractivity contribution in [2.75, 3.05) is 13.2 Å². The number of hydrogen-bond acceptors (Lipinski definition) is 5. The van der Waals surface area contributed by atoms with E-state index in [0.29, 0.717) is 19.4 Å². The number of unbranched alkanes of at least 4 members (excludes halogenated alkanes) is 36. The van der Waals surface area contributed by atoms with E-state index in [-0.39, 0.29) is 18.5 Å². The van der Waals surface area contributed by atoms with Gasteiger partial charge in [-0.05, 0) is 83.5 Å². The van der Waals surface area contributed by atoms with Crippen molar-refractivity contribution in [3.63, 3.8) is 0 Å². The highest BCUT2D eigenvalue weighted by molar-refractivity contribution is 5.76. The lowest BCUT2D eigenvalue weighted by atomic mass is 10.0. The van der Waals surface area contributed by atoms with Crippen molar-refractivity contribution >= 4 is 11.9 Å². The first-order chi connectivity index (χ1) is 31.0. The lowest BCUT2D eigenvalue weighted by Gasteiger charge is -2.20. The summed E-state index contributed by atoms with van der Waals surface area (Å²) >= 11 is 0. The summed E-state index contributed by atoms with van der Waals surface area (Å²) in [5.41, 5.74) is 0. The highest BCUT2D eigenvalue weighted by Gasteiger charge is 2.18. The van der Waals surface area contributed by atoms with E-state index in [1.54, 1.807) is 6.08 Å². The van der Waals surface area contributed by atoms with Gasteiger partial charge in [-0.2, -0.15) is 0 Å². The van der Waals surface area contributed by atoms with Gasteiger partial charge in [0.25, 0.3) is 0 Å². The van der Waals surface area contributed by atoms with E-state index in [9.17, 15) is 19.8 Å². The van der Waals surface area contributed by atoms with Gasteiger partial charge in [0.15, 0.2) is 0 Å². The second kappa shape index (κ2) is 52.7. The molecular weight excluding hydrogens is 779 g/mol. The maximum atomic E-state index is 12.4. The van der Waals surface area contributed by atoms with Gasteiger partial charge in [0.05, 0.1) is 25.4 Å². The van der Waals surface area contributed by atoms with Gasteiger partial charge < -0.3 is 20.3 Å². The molecule has 0 bridgehead atoms. The molecule has 0 radical (unpaired) electrons. The van der Waals surface area contributed by atoms with Crippen LogP contribution in [0.5, 0.6) is 0 Å². The van der Waals surface area contributed by atoms with Crippen LogP contribution < -0.4 is 5.32 Å². The van der Waals surface area contributed by atoms with Crippen molar-refractivity contribution in [1.82, 2.24) is 5.32 Å². The highest BCUT2D eigenvalue weighted by Crippen LogP contribution is 2.16. The van der Waals surface area contributed by atoms with Crippen molar-refractivity contribution < 1.29 is 24.5 Å². The van der Waals surface area contributed by atoms with Crippen LogP contribution in [0.25, 0.3) is 0 Å². The third-order valence-corrected chi connectivity index (χ3v) is 12.6. The number of aliphatic hydroxyl groups is 2. The second-order valence-corrected chi connectivity index (χ2v) is 18.9. The fourth-order valence-corrected chi connectivity index (χ4v) is 8.33. The zero-order valence-electron chi connectivity index (χ0n) is 42.1. The van der Waals surface area contributed by atoms with E-state index in [2.05, 4.69) is 43.5 Å². The van der Waals surface area contributed by atoms with Gasteiger partial charge in [0.1, 0.15) is 0 Å². The molecule has 0 aromatic rings. The van der Waals surface area contributed by atoms with E-state index in [4.69, 9.17) is 4.74 Å². The SMILES string of the molecule is CCCCCCCCC/C=C\CCCCCCCCCC(=O)OCCCC/C=C\CCCCCCCC(=O)NC(CO)C(O)/C=C/CCCCCCCCCCCCCCCCC. The van der Waals surface area contributed by atoms with Crippen LogP contribution in [0.2, 0.25) is 0 Å². The molecule has 0 aliphatic carbocycles. The number of nitrogens with one attached hydrogen (secondary N) is 1. The number of allylic oxidation sites excluding steroid dienone is 5. The van der Waals surface area contributed by atoms with Crippen LogP contribution in [-0.2, 0) is 14.3 Å². The van der Waals surface area contributed by atoms with Crippen molar-refractivity contribution in [3.05, 3.63) is 36.5 Å². The number of esters is 1. The Labute approximate surface area is 392 Å². The number of hydrogen-bond donors (Lipinski definition) is 3. The van der Waals surface area contributed by atoms with Crippen LogP contribution in [0, 0.1) is 0 Å². The fourth-order valence-electron chi connectivity index (χ4n) is 8.33. The Kier molecular flexibility index (Phi) is 51.1. The zero-order chi connectivity index (χ0) is 45.8. The average Bonchev–Trinajstić information content (AvgIpc) is 3.28. The summed E-state index contributed by atoms with van der Waals surface area (Å²) in [5.74, 6) is -0.133. The molecule has 1 amide bonds. The molecule has 0 aromatic heterocycles. The van der Waals surface area contributed by atoms with Crippen molar-refractivity contribution in [2.45, 2.75) is 302 Å². The maximum Gasteiger partial charge on any atom is 0.305 e. The Bertz CT molecular complexity index is 1020. The van der Waals surface area contributed by atoms with Crippen LogP contribution in [0.15, 0.2) is 36.5 Å². The van der Waals surface area contributed by atoms with Crippen molar-refractivity contribution in [1.29, 1.82) is 0 Å². The third-order valence-electron chi connectivity index (χ3n) is 12.6. The topological polar surface area (TPSA) is 95.9 Å². The summed E-state index contributed by atoms with van der Waals surface area (Å²) < 4.78 is 5.45. The minimum Gasteiger partial charge on any atom is -0.466 e. The van der Waals surface area contributed by atoms with E-state index in [1.807, 2.05) is 6.08 Å². The zero-order valence-corrected chi connectivity index (χ0v) is 42.1. The molecule has 0 aliphatic heterocycles. The smallest absolute Gasteiger partial charge is 0.305 e. The molecule has 0 aliphatic rings. The fraction of sp³-hybridized carbons (Fsp3) is 0.860. The minimum absolute atomic E-state index is 0.0360. The number of rotatable bonds is 51. The molecule has 2 unspecified atom stereocenters. The quantitative estimate of drug-likeness (QED) is 0.0321. The number of carbonyl (C=O) groups is 2. The summed E-state index contributed by atoms with van der Waals surface area (Å²) in [6.07, 6.45) is 64.4. The van der Waals surface area contributed by atoms with Gasteiger partial charge in [-0.25, -0.2) is 0 Å². The second-order valence-electron chi connectivity index (χ2n) is 18.9. The predicted molar refractivity (Wildman–Crippen MR) is 273 cm³/mol. The van der Waals surface area contributed by atoms with Gasteiger partial charge in [-0.15, -0.1) is 0 Å². The minimum atomic E-state index is -0.863. The molecule has 6 heteroatoms. The Hall–Kier alpha value is -1.92. The largest absolute Gasteiger partial charge is 0.466 e. The van der Waals surface area contributed by atoms with Crippen molar-refractivity contribution in [3.8, 4) is 0 Å². The first-order valence-corrected chi connectivity index (χ1v) is 27.8. The number of aliphatic hydroxyl groups excluding tert-OH is 2. The summed E-state index contributed by atoms with van der Waals surface area (Å²) in [6.45, 7) is 4.83. The van der Waals surface area contributed by atoms with Crippen LogP contribution >= 0.6 is 0 Å². The Morgan fingerprint density at radius 2 is 0.746 bits per heavy atom. The molecule has 0 rings (SSSR count). The molecule has 63 heavy (non-hydrogen) atoms. The van der Waals surface area contributed by atoms with Crippen LogP contribution in [-0.4, -0.2) is 47.4 Å². The van der Waals surface area contributed by atoms with Gasteiger partial charge in [0.2, 0.25) is 5.91 Å². The first kappa shape index (κ1) is 61.1. The molecule has 2 atom stereocenters. The molecular formula is C57H107NO5. The van der Waals surface area contributed by atoms with Crippen molar-refractivity contribution in [2.24, 2.45) is 0 Å². The molecule has 6 nitrogen and oxygen atoms in total. The van der Waals surface area contributed by atoms with Crippen LogP contribution in [0.3, 0.4) is 0 Å². The molecule has 0 saturated heterocycles. The average molecular weight is 886 g/mol. The van der Waals surface area contributed by atoms with E-state index < -0.39 is 12.1 Å². The Balaban J connectivity index is 3.54. The first-order valence-electron chi connectivity index (χ1n) is 27.8. The van der Waals surface area contributed by atoms with E-state index in [0.717, 1.165) is 83.5 Å². The molecule has 0 fully saturated rings. The summed E-state index contributed by atoms with van der Waals surface area (Å²) in [6, 6.07) is -0.650. The van der Waals surface area contributed by atoms with Gasteiger partial charge in [-0.1, -0.05) is 230 Å². The summed E-state index contributed by atoms with van der Waals surface area (Å²) in [5, 5.41) is 23.1. The molecule has 3 N–H and O–H groups in total. The molecule has 0 heterocycles. The number of ether oxygens (including phenoxy) is 1. The maximum absolute atomic E-state index is 12.4. The summed E-state index contributed by atoms with van der Waals surface area (Å²) in [7, 11) is 0. The lowest BCUT2D eigenvalue weighted by Crippen LogP contribution is -2.45. The predicted octanol–water partition coefficient (Wildman–Crippen LogP) is 16.9. The molecule has 0 aromatic carbocycles. The van der Waals surface area contributed by atoms with E-state index >= 15 is 0 Å². The number of amides is 1. The van der Waals surface area contributed by atoms with Crippen LogP contribution in [0.1, 0.15) is 290 Å². The highest BCUT2D eigenvalue weighted by atomic mass is 16.5.